The van der Waals surface area contributed by atoms with E-state index >= 15 is 0 Å². The molecule has 1 aliphatic heterocycles. The second-order valence-electron chi connectivity index (χ2n) is 7.16. The number of aromatic nitrogens is 1. The molecular formula is C23H24BF3N2O. The average Bonchev–Trinajstić information content (AvgIpc) is 2.79. The molecule has 0 aliphatic carbocycles. The van der Waals surface area contributed by atoms with Crippen LogP contribution in [0.3, 0.4) is 0 Å². The molecule has 0 amide bonds. The molecule has 1 aliphatic rings. The quantitative estimate of drug-likeness (QED) is 0.574. The largest absolute Gasteiger partial charge is 0.418 e. The number of nitrogens with one attached hydrogen (secondary N) is 1. The molecule has 1 fully saturated rings. The molecule has 3 nitrogen and oxygen atoms in total. The van der Waals surface area contributed by atoms with Gasteiger partial charge in [-0.15, -0.1) is 0 Å². The lowest BCUT2D eigenvalue weighted by molar-refractivity contribution is -0.136. The lowest BCUT2D eigenvalue weighted by Gasteiger charge is -2.29. The summed E-state index contributed by atoms with van der Waals surface area (Å²) >= 11 is 0. The SMILES string of the molecule is OC(c1cc(-c2ccccc2)nc2c(C(F)(F)F)cccc12)C1CCCCN1.[B]C. The Hall–Kier alpha value is -2.38. The zero-order valence-electron chi connectivity index (χ0n) is 16.8. The number of fused-ring (bicyclic) bond motifs is 1. The summed E-state index contributed by atoms with van der Waals surface area (Å²) in [5.74, 6) is 0. The topological polar surface area (TPSA) is 45.2 Å². The van der Waals surface area contributed by atoms with Crippen LogP contribution in [-0.4, -0.2) is 30.5 Å². The van der Waals surface area contributed by atoms with Gasteiger partial charge in [0, 0.05) is 17.0 Å². The van der Waals surface area contributed by atoms with Crippen LogP contribution in [0, 0.1) is 0 Å². The van der Waals surface area contributed by atoms with Crippen molar-refractivity contribution in [3.63, 3.8) is 0 Å². The van der Waals surface area contributed by atoms with Gasteiger partial charge in [0.2, 0.25) is 0 Å². The van der Waals surface area contributed by atoms with Gasteiger partial charge in [0.15, 0.2) is 0 Å². The van der Waals surface area contributed by atoms with Gasteiger partial charge >= 0.3 is 6.18 Å². The third-order valence-corrected chi connectivity index (χ3v) is 5.29. The second-order valence-corrected chi connectivity index (χ2v) is 7.16. The number of pyridine rings is 1. The van der Waals surface area contributed by atoms with Crippen LogP contribution in [0.2, 0.25) is 6.82 Å². The summed E-state index contributed by atoms with van der Waals surface area (Å²) in [6, 6.07) is 14.6. The van der Waals surface area contributed by atoms with Crippen LogP contribution in [0.1, 0.15) is 36.5 Å². The van der Waals surface area contributed by atoms with Gasteiger partial charge in [-0.25, -0.2) is 4.98 Å². The van der Waals surface area contributed by atoms with Crippen LogP contribution in [0.25, 0.3) is 22.2 Å². The predicted octanol–water partition coefficient (Wildman–Crippen LogP) is 5.30. The van der Waals surface area contributed by atoms with E-state index in [1.807, 2.05) is 18.2 Å². The van der Waals surface area contributed by atoms with E-state index in [1.54, 1.807) is 24.3 Å². The number of para-hydroxylation sites is 1. The predicted molar refractivity (Wildman–Crippen MR) is 114 cm³/mol. The minimum Gasteiger partial charge on any atom is -0.387 e. The molecule has 30 heavy (non-hydrogen) atoms. The van der Waals surface area contributed by atoms with Crippen LogP contribution in [0.5, 0.6) is 0 Å². The number of aliphatic hydroxyl groups excluding tert-OH is 1. The van der Waals surface area contributed by atoms with E-state index in [0.29, 0.717) is 22.2 Å². The van der Waals surface area contributed by atoms with Crippen LogP contribution in [-0.2, 0) is 6.18 Å². The number of rotatable bonds is 3. The minimum atomic E-state index is -4.52. The molecule has 0 spiro atoms. The maximum absolute atomic E-state index is 13.6. The number of hydrogen-bond acceptors (Lipinski definition) is 3. The molecule has 2 radical (unpaired) electrons. The molecule has 2 aromatic carbocycles. The Balaban J connectivity index is 0.00000124. The number of hydrogen-bond donors (Lipinski definition) is 2. The standard InChI is InChI=1S/C22H21F3N2O.CH3B/c23-22(24,25)17-10-6-9-15-16(21(28)18-11-4-5-12-26-18)13-19(27-20(15)17)14-7-2-1-3-8-14;1-2/h1-3,6-10,13,18,21,26,28H,4-5,11-12H2;1H3. The number of piperidine rings is 1. The van der Waals surface area contributed by atoms with E-state index in [4.69, 9.17) is 0 Å². The molecular weight excluding hydrogens is 388 g/mol. The van der Waals surface area contributed by atoms with Crippen molar-refractivity contribution >= 4 is 18.7 Å². The fourth-order valence-electron chi connectivity index (χ4n) is 3.87. The minimum absolute atomic E-state index is 0.124. The van der Waals surface area contributed by atoms with Crippen LogP contribution >= 0.6 is 0 Å². The fraction of sp³-hybridized carbons (Fsp3) is 0.348. The molecule has 0 bridgehead atoms. The smallest absolute Gasteiger partial charge is 0.387 e. The van der Waals surface area contributed by atoms with Crippen molar-refractivity contribution in [1.82, 2.24) is 10.3 Å². The average molecular weight is 412 g/mol. The Labute approximate surface area is 175 Å². The molecule has 2 atom stereocenters. The van der Waals surface area contributed by atoms with Gasteiger partial charge in [-0.3, -0.25) is 0 Å². The highest BCUT2D eigenvalue weighted by Crippen LogP contribution is 2.38. The van der Waals surface area contributed by atoms with Crippen LogP contribution in [0.15, 0.2) is 54.6 Å². The normalized spacial score (nSPS) is 17.8. The van der Waals surface area contributed by atoms with Gasteiger partial charge in [0.1, 0.15) is 0 Å². The van der Waals surface area contributed by atoms with Crippen molar-refractivity contribution in [1.29, 1.82) is 0 Å². The lowest BCUT2D eigenvalue weighted by Crippen LogP contribution is -2.38. The maximum Gasteiger partial charge on any atom is 0.418 e. The van der Waals surface area contributed by atoms with Crippen molar-refractivity contribution in [3.8, 4) is 11.3 Å². The molecule has 3 aromatic rings. The van der Waals surface area contributed by atoms with Crippen molar-refractivity contribution in [2.24, 2.45) is 0 Å². The monoisotopic (exact) mass is 412 g/mol. The highest BCUT2D eigenvalue weighted by Gasteiger charge is 2.34. The van der Waals surface area contributed by atoms with Gasteiger partial charge in [-0.1, -0.05) is 55.7 Å². The number of aliphatic hydroxyl groups is 1. The first-order valence-corrected chi connectivity index (χ1v) is 10.0. The van der Waals surface area contributed by atoms with Crippen LogP contribution < -0.4 is 5.32 Å². The fourth-order valence-corrected chi connectivity index (χ4v) is 3.87. The van der Waals surface area contributed by atoms with Crippen LogP contribution in [0.4, 0.5) is 13.2 Å². The highest BCUT2D eigenvalue weighted by molar-refractivity contribution is 6.05. The summed E-state index contributed by atoms with van der Waals surface area (Å²) in [6.45, 7) is 2.30. The summed E-state index contributed by atoms with van der Waals surface area (Å²) in [5, 5.41) is 14.7. The Kier molecular flexibility index (Phi) is 7.16. The van der Waals surface area contributed by atoms with E-state index in [-0.39, 0.29) is 11.6 Å². The van der Waals surface area contributed by atoms with E-state index in [9.17, 15) is 18.3 Å². The van der Waals surface area contributed by atoms with Gasteiger partial charge in [0.05, 0.1) is 30.7 Å². The van der Waals surface area contributed by atoms with Gasteiger partial charge < -0.3 is 10.4 Å². The molecule has 7 heteroatoms. The summed E-state index contributed by atoms with van der Waals surface area (Å²) in [7, 11) is 4.50. The molecule has 2 unspecified atom stereocenters. The summed E-state index contributed by atoms with van der Waals surface area (Å²) in [4.78, 5) is 4.35. The third kappa shape index (κ3) is 4.68. The number of nitrogens with zero attached hydrogens (tertiary/aromatic N) is 1. The Morgan fingerprint density at radius 2 is 1.80 bits per heavy atom. The van der Waals surface area contributed by atoms with Gasteiger partial charge in [0.25, 0.3) is 0 Å². The van der Waals surface area contributed by atoms with Gasteiger partial charge in [-0.2, -0.15) is 13.2 Å². The van der Waals surface area contributed by atoms with Crippen molar-refractivity contribution in [3.05, 3.63) is 65.7 Å². The Morgan fingerprint density at radius 3 is 2.43 bits per heavy atom. The highest BCUT2D eigenvalue weighted by atomic mass is 19.4. The Morgan fingerprint density at radius 1 is 1.07 bits per heavy atom. The first kappa shape index (κ1) is 22.3. The summed E-state index contributed by atoms with van der Waals surface area (Å²) in [6.07, 6.45) is -2.63. The number of benzene rings is 2. The van der Waals surface area contributed by atoms with E-state index in [2.05, 4.69) is 18.1 Å². The molecule has 1 saturated heterocycles. The summed E-state index contributed by atoms with van der Waals surface area (Å²) in [5.41, 5.74) is 0.712. The molecule has 156 valence electrons. The van der Waals surface area contributed by atoms with Crippen molar-refractivity contribution in [2.75, 3.05) is 6.54 Å². The first-order chi connectivity index (χ1) is 14.4. The number of halogens is 3. The zero-order valence-corrected chi connectivity index (χ0v) is 16.8. The molecule has 1 aromatic heterocycles. The van der Waals surface area contributed by atoms with E-state index in [0.717, 1.165) is 31.9 Å². The molecule has 0 saturated carbocycles. The molecule has 2 heterocycles. The van der Waals surface area contributed by atoms with Crippen molar-refractivity contribution < 1.29 is 18.3 Å². The lowest BCUT2D eigenvalue weighted by atomic mass is 9.91. The second kappa shape index (κ2) is 9.62. The number of alkyl halides is 3. The van der Waals surface area contributed by atoms with E-state index < -0.39 is 17.8 Å². The zero-order chi connectivity index (χ0) is 21.7. The third-order valence-electron chi connectivity index (χ3n) is 5.29. The molecule has 4 rings (SSSR count). The van der Waals surface area contributed by atoms with Crippen molar-refractivity contribution in [2.45, 2.75) is 44.4 Å². The first-order valence-electron chi connectivity index (χ1n) is 10.0. The Bertz CT molecular complexity index is 973. The summed E-state index contributed by atoms with van der Waals surface area (Å²) < 4.78 is 40.9. The molecule has 2 N–H and O–H groups in total. The van der Waals surface area contributed by atoms with E-state index in [1.165, 1.54) is 12.9 Å². The maximum atomic E-state index is 13.6. The van der Waals surface area contributed by atoms with Gasteiger partial charge in [-0.05, 0) is 37.1 Å².